The van der Waals surface area contributed by atoms with E-state index in [0.717, 1.165) is 24.2 Å². The smallest absolute Gasteiger partial charge is 0.223 e. The lowest BCUT2D eigenvalue weighted by molar-refractivity contribution is -0.178. The van der Waals surface area contributed by atoms with Crippen LogP contribution in [0.5, 0.6) is 5.75 Å². The fraction of sp³-hybridized carbons (Fsp3) is 0.667. The van der Waals surface area contributed by atoms with Crippen LogP contribution in [0.1, 0.15) is 57.1 Å². The van der Waals surface area contributed by atoms with Gasteiger partial charge in [0, 0.05) is 36.8 Å². The number of Topliss-reactive ketones (excluding diaryl/α,β-unsaturated/α-hetero) is 1. The van der Waals surface area contributed by atoms with Crippen LogP contribution in [-0.4, -0.2) is 57.6 Å². The summed E-state index contributed by atoms with van der Waals surface area (Å²) in [6, 6.07) is 4.69. The molecule has 1 heterocycles. The van der Waals surface area contributed by atoms with E-state index >= 15 is 0 Å². The van der Waals surface area contributed by atoms with Gasteiger partial charge in [-0.3, -0.25) is 14.5 Å². The Morgan fingerprint density at radius 2 is 2.10 bits per heavy atom. The largest absolute Gasteiger partial charge is 0.508 e. The second kappa shape index (κ2) is 6.79. The van der Waals surface area contributed by atoms with E-state index in [2.05, 4.69) is 10.2 Å². The number of carbonyl (C=O) groups excluding carboxylic acids is 2. The van der Waals surface area contributed by atoms with Gasteiger partial charge in [0.25, 0.3) is 0 Å². The molecule has 5 rings (SSSR count). The van der Waals surface area contributed by atoms with Gasteiger partial charge >= 0.3 is 0 Å². The first-order valence-electron chi connectivity index (χ1n) is 11.4. The van der Waals surface area contributed by atoms with Crippen LogP contribution in [0.4, 0.5) is 0 Å². The molecular weight excluding hydrogens is 380 g/mol. The fourth-order valence-corrected chi connectivity index (χ4v) is 6.22. The van der Waals surface area contributed by atoms with Gasteiger partial charge in [-0.1, -0.05) is 19.9 Å². The van der Waals surface area contributed by atoms with E-state index in [0.29, 0.717) is 18.8 Å². The number of aromatic hydroxyl groups is 1. The van der Waals surface area contributed by atoms with Crippen LogP contribution in [0.3, 0.4) is 0 Å². The molecular formula is C24H32N2O4. The lowest BCUT2D eigenvalue weighted by Crippen LogP contribution is -2.76. The molecule has 0 aromatic heterocycles. The van der Waals surface area contributed by atoms with Gasteiger partial charge in [-0.15, -0.1) is 0 Å². The average Bonchev–Trinajstić information content (AvgIpc) is 3.50. The Labute approximate surface area is 177 Å². The van der Waals surface area contributed by atoms with E-state index in [1.807, 2.05) is 19.9 Å². The molecule has 1 aliphatic heterocycles. The first-order valence-corrected chi connectivity index (χ1v) is 11.4. The van der Waals surface area contributed by atoms with Crippen molar-refractivity contribution < 1.29 is 19.8 Å². The molecule has 3 fully saturated rings. The Kier molecular flexibility index (Phi) is 4.53. The molecule has 1 saturated heterocycles. The van der Waals surface area contributed by atoms with Crippen molar-refractivity contribution in [3.05, 3.63) is 29.3 Å². The topological polar surface area (TPSA) is 89.9 Å². The normalized spacial score (nSPS) is 35.7. The third kappa shape index (κ3) is 2.91. The predicted octanol–water partition coefficient (Wildman–Crippen LogP) is 1.91. The van der Waals surface area contributed by atoms with Gasteiger partial charge in [-0.05, 0) is 61.4 Å². The number of fused-ring (bicyclic) bond motifs is 1. The van der Waals surface area contributed by atoms with Crippen LogP contribution in [0.25, 0.3) is 0 Å². The summed E-state index contributed by atoms with van der Waals surface area (Å²) in [5.74, 6) is 0.509. The molecule has 3 aliphatic carbocycles. The summed E-state index contributed by atoms with van der Waals surface area (Å²) in [4.78, 5) is 28.0. The number of amides is 1. The quantitative estimate of drug-likeness (QED) is 0.703. The van der Waals surface area contributed by atoms with E-state index in [4.69, 9.17) is 0 Å². The van der Waals surface area contributed by atoms with Crippen molar-refractivity contribution in [2.24, 2.45) is 11.8 Å². The summed E-state index contributed by atoms with van der Waals surface area (Å²) in [6.07, 6.45) is 4.35. The van der Waals surface area contributed by atoms with Crippen LogP contribution in [0.2, 0.25) is 0 Å². The zero-order chi connectivity index (χ0) is 21.3. The zero-order valence-corrected chi connectivity index (χ0v) is 17.9. The molecule has 3 N–H and O–H groups in total. The van der Waals surface area contributed by atoms with Gasteiger partial charge in [-0.2, -0.15) is 0 Å². The molecule has 4 atom stereocenters. The third-order valence-corrected chi connectivity index (χ3v) is 8.08. The maximum atomic E-state index is 13.2. The van der Waals surface area contributed by atoms with Crippen LogP contribution in [0, 0.1) is 11.8 Å². The molecule has 0 unspecified atom stereocenters. The van der Waals surface area contributed by atoms with Gasteiger partial charge in [0.15, 0.2) is 5.78 Å². The molecule has 0 radical (unpaired) electrons. The Hall–Kier alpha value is -1.92. The van der Waals surface area contributed by atoms with Crippen LogP contribution in [0.15, 0.2) is 18.2 Å². The number of hydrogen-bond acceptors (Lipinski definition) is 5. The zero-order valence-electron chi connectivity index (χ0n) is 17.9. The number of benzene rings is 1. The first kappa shape index (κ1) is 20.0. The number of ketones is 1. The Morgan fingerprint density at radius 1 is 1.33 bits per heavy atom. The predicted molar refractivity (Wildman–Crippen MR) is 112 cm³/mol. The molecule has 4 aliphatic rings. The standard InChI is InChI=1S/C24H32N2O4/c1-14(2)22(29)25-19-11-24(30)21-9-16-5-6-17(27)10-18(16)23(24,12-20(19)28)7-8-26(21)13-15-3-4-15/h5-6,10,14-15,19,21,27,30H,3-4,7-9,11-13H2,1-2H3,(H,25,29)/t19-,21+,23+,24+/m0/s1. The average molecular weight is 413 g/mol. The van der Waals surface area contributed by atoms with Crippen molar-refractivity contribution in [3.8, 4) is 5.75 Å². The Morgan fingerprint density at radius 3 is 2.80 bits per heavy atom. The number of phenols is 1. The van der Waals surface area contributed by atoms with Gasteiger partial charge in [0.05, 0.1) is 11.6 Å². The molecule has 2 bridgehead atoms. The Balaban J connectivity index is 1.57. The number of nitrogens with zero attached hydrogens (tertiary/aromatic N) is 1. The number of hydrogen-bond donors (Lipinski definition) is 3. The minimum absolute atomic E-state index is 0.0146. The minimum atomic E-state index is -1.11. The Bertz CT molecular complexity index is 895. The van der Waals surface area contributed by atoms with Gasteiger partial charge in [0.1, 0.15) is 5.75 Å². The molecule has 30 heavy (non-hydrogen) atoms. The number of piperidine rings is 1. The SMILES string of the molecule is CC(C)C(=O)N[C@H]1C[C@@]2(O)[C@H]3Cc4ccc(O)cc4[C@@]2(CCN3CC2CC2)CC1=O. The van der Waals surface area contributed by atoms with E-state index < -0.39 is 17.1 Å². The molecule has 1 aromatic rings. The molecule has 6 heteroatoms. The summed E-state index contributed by atoms with van der Waals surface area (Å²) in [5.41, 5.74) is 0.249. The van der Waals surface area contributed by atoms with Crippen molar-refractivity contribution >= 4 is 11.7 Å². The molecule has 0 spiro atoms. The maximum Gasteiger partial charge on any atom is 0.223 e. The third-order valence-electron chi connectivity index (χ3n) is 8.08. The fourth-order valence-electron chi connectivity index (χ4n) is 6.22. The van der Waals surface area contributed by atoms with E-state index in [-0.39, 0.29) is 42.2 Å². The number of rotatable bonds is 4. The second-order valence-corrected chi connectivity index (χ2v) is 10.3. The van der Waals surface area contributed by atoms with Crippen molar-refractivity contribution in [1.82, 2.24) is 10.2 Å². The van der Waals surface area contributed by atoms with Crippen molar-refractivity contribution in [2.45, 2.75) is 75.5 Å². The molecule has 2 saturated carbocycles. The maximum absolute atomic E-state index is 13.2. The molecule has 1 amide bonds. The highest BCUT2D eigenvalue weighted by Crippen LogP contribution is 2.58. The minimum Gasteiger partial charge on any atom is -0.508 e. The van der Waals surface area contributed by atoms with E-state index in [9.17, 15) is 19.8 Å². The lowest BCUT2D eigenvalue weighted by Gasteiger charge is -2.64. The van der Waals surface area contributed by atoms with Crippen molar-refractivity contribution in [2.75, 3.05) is 13.1 Å². The monoisotopic (exact) mass is 412 g/mol. The summed E-state index contributed by atoms with van der Waals surface area (Å²) in [5, 5.41) is 25.4. The number of likely N-dealkylation sites (tertiary alicyclic amines) is 1. The van der Waals surface area contributed by atoms with Gasteiger partial charge in [-0.25, -0.2) is 0 Å². The number of phenolic OH excluding ortho intramolecular Hbond substituents is 1. The van der Waals surface area contributed by atoms with Crippen LogP contribution < -0.4 is 5.32 Å². The lowest BCUT2D eigenvalue weighted by atomic mass is 9.48. The number of aliphatic hydroxyl groups is 1. The van der Waals surface area contributed by atoms with Crippen molar-refractivity contribution in [3.63, 3.8) is 0 Å². The highest BCUT2D eigenvalue weighted by atomic mass is 16.3. The van der Waals surface area contributed by atoms with Crippen LogP contribution >= 0.6 is 0 Å². The molecule has 6 nitrogen and oxygen atoms in total. The number of carbonyl (C=O) groups is 2. The highest BCUT2D eigenvalue weighted by molar-refractivity contribution is 5.92. The molecule has 162 valence electrons. The van der Waals surface area contributed by atoms with E-state index in [1.165, 1.54) is 12.8 Å². The highest BCUT2D eigenvalue weighted by Gasteiger charge is 2.66. The summed E-state index contributed by atoms with van der Waals surface area (Å²) >= 11 is 0. The second-order valence-electron chi connectivity index (χ2n) is 10.3. The summed E-state index contributed by atoms with van der Waals surface area (Å²) in [6.45, 7) is 5.47. The van der Waals surface area contributed by atoms with Crippen LogP contribution in [-0.2, 0) is 21.4 Å². The summed E-state index contributed by atoms with van der Waals surface area (Å²) < 4.78 is 0. The summed E-state index contributed by atoms with van der Waals surface area (Å²) in [7, 11) is 0. The number of nitrogens with one attached hydrogen (secondary N) is 1. The molecule has 1 aromatic carbocycles. The first-order chi connectivity index (χ1) is 14.2. The van der Waals surface area contributed by atoms with Gasteiger partial charge < -0.3 is 15.5 Å². The van der Waals surface area contributed by atoms with Crippen molar-refractivity contribution in [1.29, 1.82) is 0 Å². The van der Waals surface area contributed by atoms with Gasteiger partial charge in [0.2, 0.25) is 5.91 Å². The van der Waals surface area contributed by atoms with E-state index in [1.54, 1.807) is 12.1 Å².